The van der Waals surface area contributed by atoms with Gasteiger partial charge in [0, 0.05) is 21.6 Å². The van der Waals surface area contributed by atoms with Crippen molar-refractivity contribution in [2.24, 2.45) is 0 Å². The third-order valence-corrected chi connectivity index (χ3v) is 4.20. The number of fused-ring (bicyclic) bond motifs is 1. The summed E-state index contributed by atoms with van der Waals surface area (Å²) in [6.45, 7) is 0. The summed E-state index contributed by atoms with van der Waals surface area (Å²) in [5.41, 5.74) is 2.87. The van der Waals surface area contributed by atoms with E-state index in [0.717, 1.165) is 15.7 Å². The molecule has 0 radical (unpaired) electrons. The predicted octanol–water partition coefficient (Wildman–Crippen LogP) is 4.08. The summed E-state index contributed by atoms with van der Waals surface area (Å²) in [6, 6.07) is 13.0. The Balaban J connectivity index is 1.74. The van der Waals surface area contributed by atoms with Crippen LogP contribution in [0.5, 0.6) is 0 Å². The summed E-state index contributed by atoms with van der Waals surface area (Å²) >= 11 is 9.35. The van der Waals surface area contributed by atoms with Crippen LogP contribution in [0, 0.1) is 0 Å². The number of carbonyl (C=O) groups excluding carboxylic acids is 1. The van der Waals surface area contributed by atoms with E-state index in [2.05, 4.69) is 26.6 Å². The van der Waals surface area contributed by atoms with Crippen molar-refractivity contribution in [1.29, 1.82) is 0 Å². The Labute approximate surface area is 130 Å². The van der Waals surface area contributed by atoms with Crippen LogP contribution in [0.4, 0.5) is 11.4 Å². The molecule has 0 spiro atoms. The van der Waals surface area contributed by atoms with E-state index in [0.29, 0.717) is 17.1 Å². The highest BCUT2D eigenvalue weighted by molar-refractivity contribution is 9.10. The second-order valence-corrected chi connectivity index (χ2v) is 5.96. The summed E-state index contributed by atoms with van der Waals surface area (Å²) < 4.78 is 0.811. The van der Waals surface area contributed by atoms with Gasteiger partial charge < -0.3 is 10.6 Å². The molecule has 1 heterocycles. The monoisotopic (exact) mass is 350 g/mol. The summed E-state index contributed by atoms with van der Waals surface area (Å²) in [5.74, 6) is -0.0656. The zero-order chi connectivity index (χ0) is 14.1. The van der Waals surface area contributed by atoms with Crippen LogP contribution in [-0.2, 0) is 11.2 Å². The highest BCUT2D eigenvalue weighted by Crippen LogP contribution is 2.28. The topological polar surface area (TPSA) is 41.1 Å². The number of nitrogens with one attached hydrogen (secondary N) is 2. The molecule has 0 aromatic heterocycles. The largest absolute Gasteiger partial charge is 0.373 e. The Bertz CT molecular complexity index is 650. The lowest BCUT2D eigenvalue weighted by atomic mass is 10.1. The van der Waals surface area contributed by atoms with Crippen molar-refractivity contribution in [3.63, 3.8) is 0 Å². The van der Waals surface area contributed by atoms with Crippen molar-refractivity contribution < 1.29 is 4.79 Å². The third kappa shape index (κ3) is 2.67. The van der Waals surface area contributed by atoms with Crippen molar-refractivity contribution in [1.82, 2.24) is 0 Å². The van der Waals surface area contributed by atoms with E-state index in [4.69, 9.17) is 11.6 Å². The van der Waals surface area contributed by atoms with Gasteiger partial charge in [0.25, 0.3) is 0 Å². The van der Waals surface area contributed by atoms with Gasteiger partial charge in [0.2, 0.25) is 5.91 Å². The molecule has 2 aromatic rings. The minimum Gasteiger partial charge on any atom is -0.373 e. The second-order valence-electron chi connectivity index (χ2n) is 4.67. The quantitative estimate of drug-likeness (QED) is 0.856. The molecular formula is C15H12BrClN2O. The Morgan fingerprint density at radius 2 is 2.10 bits per heavy atom. The maximum Gasteiger partial charge on any atom is 0.247 e. The number of hydrogen-bond donors (Lipinski definition) is 2. The summed E-state index contributed by atoms with van der Waals surface area (Å²) in [5, 5.41) is 6.71. The van der Waals surface area contributed by atoms with E-state index in [9.17, 15) is 4.79 Å². The molecule has 1 amide bonds. The van der Waals surface area contributed by atoms with Crippen LogP contribution in [-0.4, -0.2) is 11.9 Å². The molecule has 0 fully saturated rings. The SMILES string of the molecule is O=C(Nc1cc(Cl)ccc1Br)C1Cc2ccccc2N1. The molecule has 20 heavy (non-hydrogen) atoms. The number of benzene rings is 2. The van der Waals surface area contributed by atoms with E-state index < -0.39 is 0 Å². The molecule has 1 unspecified atom stereocenters. The Hall–Kier alpha value is -1.52. The van der Waals surface area contributed by atoms with Gasteiger partial charge >= 0.3 is 0 Å². The zero-order valence-electron chi connectivity index (χ0n) is 10.5. The molecule has 1 aliphatic rings. The van der Waals surface area contributed by atoms with Gasteiger partial charge in [-0.1, -0.05) is 29.8 Å². The maximum atomic E-state index is 12.3. The molecule has 3 nitrogen and oxygen atoms in total. The predicted molar refractivity (Wildman–Crippen MR) is 85.3 cm³/mol. The minimum absolute atomic E-state index is 0.0656. The van der Waals surface area contributed by atoms with Gasteiger partial charge in [-0.2, -0.15) is 0 Å². The molecule has 1 atom stereocenters. The van der Waals surface area contributed by atoms with Gasteiger partial charge in [-0.3, -0.25) is 4.79 Å². The number of anilines is 2. The fourth-order valence-corrected chi connectivity index (χ4v) is 2.79. The molecule has 3 rings (SSSR count). The van der Waals surface area contributed by atoms with Gasteiger partial charge in [0.1, 0.15) is 6.04 Å². The van der Waals surface area contributed by atoms with Crippen LogP contribution in [0.3, 0.4) is 0 Å². The van der Waals surface area contributed by atoms with Crippen molar-refractivity contribution in [3.05, 3.63) is 57.5 Å². The number of amides is 1. The van der Waals surface area contributed by atoms with Crippen LogP contribution >= 0.6 is 27.5 Å². The van der Waals surface area contributed by atoms with E-state index in [1.54, 1.807) is 12.1 Å². The van der Waals surface area contributed by atoms with Gasteiger partial charge in [-0.15, -0.1) is 0 Å². The van der Waals surface area contributed by atoms with Crippen LogP contribution in [0.15, 0.2) is 46.9 Å². The van der Waals surface area contributed by atoms with E-state index in [-0.39, 0.29) is 11.9 Å². The summed E-state index contributed by atoms with van der Waals surface area (Å²) in [6.07, 6.45) is 0.695. The van der Waals surface area contributed by atoms with Gasteiger partial charge in [-0.25, -0.2) is 0 Å². The lowest BCUT2D eigenvalue weighted by molar-refractivity contribution is -0.116. The molecule has 2 aromatic carbocycles. The van der Waals surface area contributed by atoms with Crippen molar-refractivity contribution >= 4 is 44.8 Å². The lowest BCUT2D eigenvalue weighted by Gasteiger charge is -2.13. The van der Waals surface area contributed by atoms with Crippen molar-refractivity contribution in [2.75, 3.05) is 10.6 Å². The summed E-state index contributed by atoms with van der Waals surface area (Å²) in [4.78, 5) is 12.3. The third-order valence-electron chi connectivity index (χ3n) is 3.27. The van der Waals surface area contributed by atoms with Crippen LogP contribution < -0.4 is 10.6 Å². The van der Waals surface area contributed by atoms with Crippen molar-refractivity contribution in [2.45, 2.75) is 12.5 Å². The Kier molecular flexibility index (Phi) is 3.68. The summed E-state index contributed by atoms with van der Waals surface area (Å²) in [7, 11) is 0. The van der Waals surface area contributed by atoms with Gasteiger partial charge in [0.15, 0.2) is 0 Å². The van der Waals surface area contributed by atoms with E-state index in [1.165, 1.54) is 0 Å². The molecule has 0 aliphatic carbocycles. The first-order chi connectivity index (χ1) is 9.63. The molecule has 5 heteroatoms. The molecule has 102 valence electrons. The Morgan fingerprint density at radius 3 is 2.90 bits per heavy atom. The van der Waals surface area contributed by atoms with E-state index in [1.807, 2.05) is 30.3 Å². The number of halogens is 2. The van der Waals surface area contributed by atoms with Gasteiger partial charge in [0.05, 0.1) is 5.69 Å². The van der Waals surface area contributed by atoms with Crippen molar-refractivity contribution in [3.8, 4) is 0 Å². The van der Waals surface area contributed by atoms with Crippen LogP contribution in [0.1, 0.15) is 5.56 Å². The highest BCUT2D eigenvalue weighted by Gasteiger charge is 2.26. The molecule has 2 N–H and O–H groups in total. The minimum atomic E-state index is -0.252. The second kappa shape index (κ2) is 5.46. The van der Waals surface area contributed by atoms with E-state index >= 15 is 0 Å². The van der Waals surface area contributed by atoms with Gasteiger partial charge in [-0.05, 0) is 45.8 Å². The first kappa shape index (κ1) is 13.5. The number of para-hydroxylation sites is 1. The normalized spacial score (nSPS) is 16.4. The Morgan fingerprint density at radius 1 is 1.30 bits per heavy atom. The average molecular weight is 352 g/mol. The van der Waals surface area contributed by atoms with Crippen LogP contribution in [0.25, 0.3) is 0 Å². The smallest absolute Gasteiger partial charge is 0.247 e. The molecular weight excluding hydrogens is 340 g/mol. The fraction of sp³-hybridized carbons (Fsp3) is 0.133. The highest BCUT2D eigenvalue weighted by atomic mass is 79.9. The zero-order valence-corrected chi connectivity index (χ0v) is 12.8. The average Bonchev–Trinajstić information content (AvgIpc) is 2.87. The number of carbonyl (C=O) groups is 1. The standard InChI is InChI=1S/C15H12BrClN2O/c16-11-6-5-10(17)8-13(11)19-15(20)14-7-9-3-1-2-4-12(9)18-14/h1-6,8,14,18H,7H2,(H,19,20). The maximum absolute atomic E-state index is 12.3. The molecule has 0 bridgehead atoms. The molecule has 0 saturated heterocycles. The number of hydrogen-bond acceptors (Lipinski definition) is 2. The fourth-order valence-electron chi connectivity index (χ4n) is 2.27. The molecule has 1 aliphatic heterocycles. The molecule has 0 saturated carbocycles. The van der Waals surface area contributed by atoms with Crippen LogP contribution in [0.2, 0.25) is 5.02 Å². The number of rotatable bonds is 2. The first-order valence-electron chi connectivity index (χ1n) is 6.24. The lowest BCUT2D eigenvalue weighted by Crippen LogP contribution is -2.32. The first-order valence-corrected chi connectivity index (χ1v) is 7.41.